The highest BCUT2D eigenvalue weighted by atomic mass is 15.3. The van der Waals surface area contributed by atoms with E-state index in [1.165, 1.54) is 32.7 Å². The molecule has 0 aliphatic heterocycles. The molecule has 0 fully saturated rings. The lowest BCUT2D eigenvalue weighted by Gasteiger charge is -2.20. The summed E-state index contributed by atoms with van der Waals surface area (Å²) in [5.74, 6) is 0. The highest BCUT2D eigenvalue weighted by Crippen LogP contribution is 2.45. The van der Waals surface area contributed by atoms with E-state index in [-0.39, 0.29) is 0 Å². The van der Waals surface area contributed by atoms with Crippen LogP contribution in [-0.2, 0) is 0 Å². The van der Waals surface area contributed by atoms with E-state index in [0.29, 0.717) is 11.4 Å². The van der Waals surface area contributed by atoms with Crippen LogP contribution in [0.5, 0.6) is 0 Å². The van der Waals surface area contributed by atoms with Crippen LogP contribution in [0.1, 0.15) is 16.7 Å². The number of nitrogens with one attached hydrogen (secondary N) is 2. The van der Waals surface area contributed by atoms with Crippen molar-refractivity contribution in [1.82, 2.24) is 4.98 Å². The van der Waals surface area contributed by atoms with E-state index < -0.39 is 0 Å². The Morgan fingerprint density at radius 3 is 1.67 bits per heavy atom. The molecular formula is C59H41N5. The first-order valence-electron chi connectivity index (χ1n) is 21.5. The van der Waals surface area contributed by atoms with Crippen molar-refractivity contribution in [2.45, 2.75) is 0 Å². The number of benzene rings is 9. The minimum absolute atomic E-state index is 0.335. The van der Waals surface area contributed by atoms with Crippen LogP contribution in [0.4, 0.5) is 5.69 Å². The number of nitrogens with zero attached hydrogens (tertiary/aromatic N) is 3. The quantitative estimate of drug-likeness (QED) is 0.0527. The number of allylic oxidation sites excluding steroid dienone is 5. The highest BCUT2D eigenvalue weighted by Gasteiger charge is 2.21. The van der Waals surface area contributed by atoms with Crippen molar-refractivity contribution in [2.24, 2.45) is 10.1 Å². The molecule has 302 valence electrons. The number of aromatic nitrogens is 1. The second-order valence-electron chi connectivity index (χ2n) is 16.0. The smallest absolute Gasteiger partial charge is 0.108 e. The number of hydrogen-bond donors (Lipinski definition) is 2. The Hall–Kier alpha value is -8.54. The molecule has 0 unspecified atom stereocenters. The molecule has 0 saturated carbocycles. The summed E-state index contributed by atoms with van der Waals surface area (Å²) >= 11 is 0. The van der Waals surface area contributed by atoms with E-state index in [9.17, 15) is 5.41 Å². The summed E-state index contributed by atoms with van der Waals surface area (Å²) in [5, 5.41) is 24.3. The monoisotopic (exact) mass is 819 g/mol. The summed E-state index contributed by atoms with van der Waals surface area (Å²) in [6.45, 7) is 0. The normalized spacial score (nSPS) is 13.8. The SMILES string of the molecule is C/N=C\C(=C/c1ccccc1)c1c2ccccc2c(C2=CC(=N)/C(=N\Nc3ccc(-c4c5ccccc5c(-c5cnc6ccccc6c5)c5ccccc45)cc3)C=C2)c2ccccc12. The van der Waals surface area contributed by atoms with E-state index in [0.717, 1.165) is 77.1 Å². The molecule has 0 radical (unpaired) electrons. The number of hydrogen-bond acceptors (Lipinski definition) is 5. The molecule has 11 rings (SSSR count). The Morgan fingerprint density at radius 1 is 0.547 bits per heavy atom. The lowest BCUT2D eigenvalue weighted by atomic mass is 9.84. The molecule has 0 amide bonds. The average Bonchev–Trinajstić information content (AvgIpc) is 3.34. The van der Waals surface area contributed by atoms with Gasteiger partial charge in [0.05, 0.1) is 16.9 Å². The van der Waals surface area contributed by atoms with Gasteiger partial charge in [0, 0.05) is 36.0 Å². The number of rotatable bonds is 8. The molecule has 0 saturated heterocycles. The molecular weight excluding hydrogens is 779 g/mol. The minimum Gasteiger partial charge on any atom is -0.299 e. The zero-order valence-corrected chi connectivity index (χ0v) is 35.1. The van der Waals surface area contributed by atoms with Gasteiger partial charge in [-0.25, -0.2) is 0 Å². The first-order valence-corrected chi connectivity index (χ1v) is 21.5. The molecule has 1 aliphatic rings. The molecule has 1 heterocycles. The molecule has 9 aromatic carbocycles. The van der Waals surface area contributed by atoms with Crippen molar-refractivity contribution < 1.29 is 0 Å². The Bertz CT molecular complexity index is 3530. The summed E-state index contributed by atoms with van der Waals surface area (Å²) in [7, 11) is 1.82. The van der Waals surface area contributed by atoms with Crippen molar-refractivity contribution in [1.29, 1.82) is 5.41 Å². The molecule has 5 nitrogen and oxygen atoms in total. The van der Waals surface area contributed by atoms with Crippen molar-refractivity contribution >= 4 is 94.5 Å². The third-order valence-corrected chi connectivity index (χ3v) is 12.2. The highest BCUT2D eigenvalue weighted by molar-refractivity contribution is 6.52. The van der Waals surface area contributed by atoms with E-state index in [1.807, 2.05) is 43.7 Å². The molecule has 1 aromatic heterocycles. The number of pyridine rings is 1. The fourth-order valence-electron chi connectivity index (χ4n) is 9.38. The number of hydrazone groups is 1. The first kappa shape index (κ1) is 38.4. The fraction of sp³-hybridized carbons (Fsp3) is 0.0169. The molecule has 2 N–H and O–H groups in total. The van der Waals surface area contributed by atoms with Gasteiger partial charge < -0.3 is 0 Å². The maximum Gasteiger partial charge on any atom is 0.108 e. The van der Waals surface area contributed by atoms with Crippen molar-refractivity contribution in [2.75, 3.05) is 12.5 Å². The van der Waals surface area contributed by atoms with E-state index in [2.05, 4.69) is 192 Å². The van der Waals surface area contributed by atoms with Gasteiger partial charge in [-0.1, -0.05) is 164 Å². The van der Waals surface area contributed by atoms with Gasteiger partial charge >= 0.3 is 0 Å². The maximum absolute atomic E-state index is 9.19. The van der Waals surface area contributed by atoms with Crippen LogP contribution in [0.2, 0.25) is 0 Å². The molecule has 10 aromatic rings. The zero-order valence-electron chi connectivity index (χ0n) is 35.1. The summed E-state index contributed by atoms with van der Waals surface area (Å²) in [6, 6.07) is 63.8. The third kappa shape index (κ3) is 6.86. The van der Waals surface area contributed by atoms with Gasteiger partial charge in [0.2, 0.25) is 0 Å². The van der Waals surface area contributed by atoms with E-state index in [1.54, 1.807) is 0 Å². The van der Waals surface area contributed by atoms with E-state index in [4.69, 9.17) is 10.1 Å². The van der Waals surface area contributed by atoms with E-state index >= 15 is 0 Å². The third-order valence-electron chi connectivity index (χ3n) is 12.2. The Labute approximate surface area is 371 Å². The summed E-state index contributed by atoms with van der Waals surface area (Å²) < 4.78 is 0. The van der Waals surface area contributed by atoms with Crippen LogP contribution in [0, 0.1) is 5.41 Å². The van der Waals surface area contributed by atoms with Crippen LogP contribution in [-0.4, -0.2) is 29.7 Å². The molecule has 0 spiro atoms. The zero-order chi connectivity index (χ0) is 43.0. The van der Waals surface area contributed by atoms with Crippen LogP contribution in [0.3, 0.4) is 0 Å². The van der Waals surface area contributed by atoms with Crippen molar-refractivity contribution in [3.05, 3.63) is 223 Å². The van der Waals surface area contributed by atoms with Gasteiger partial charge in [0.25, 0.3) is 0 Å². The Morgan fingerprint density at radius 2 is 1.08 bits per heavy atom. The standard InChI is InChI=1S/C59H41N5/c1-61-36-42(33-38-15-3-2-4-16-38)58-51-24-12-8-20-47(51)57(48-21-9-13-25-52(48)58)41-29-32-55(53(60)35-41)64-63-44-30-27-39(28-31-44)56-45-18-6-10-22-49(45)59(50-23-11-7-19-46(50)56)43-34-40-17-5-14-26-54(40)62-37-43/h2-37,60,63H,1H3/b42-33+,60-53?,61-36-,64-55-. The summed E-state index contributed by atoms with van der Waals surface area (Å²) in [6.07, 6.45) is 12.1. The topological polar surface area (TPSA) is 73.5 Å². The molecule has 1 aliphatic carbocycles. The van der Waals surface area contributed by atoms with Gasteiger partial charge in [-0.05, 0) is 125 Å². The molecule has 0 bridgehead atoms. The second kappa shape index (κ2) is 16.4. The predicted molar refractivity (Wildman–Crippen MR) is 274 cm³/mol. The Balaban J connectivity index is 0.917. The van der Waals surface area contributed by atoms with Gasteiger partial charge in [-0.2, -0.15) is 5.10 Å². The van der Waals surface area contributed by atoms with Crippen LogP contribution < -0.4 is 5.43 Å². The lowest BCUT2D eigenvalue weighted by molar-refractivity contribution is 1.34. The summed E-state index contributed by atoms with van der Waals surface area (Å²) in [4.78, 5) is 9.32. The Kier molecular flexibility index (Phi) is 9.83. The second-order valence-corrected chi connectivity index (χ2v) is 16.0. The summed E-state index contributed by atoms with van der Waals surface area (Å²) in [5.41, 5.74) is 15.9. The van der Waals surface area contributed by atoms with Gasteiger partial charge in [-0.15, -0.1) is 0 Å². The average molecular weight is 820 g/mol. The maximum atomic E-state index is 9.19. The van der Waals surface area contributed by atoms with Crippen LogP contribution in [0.25, 0.3) is 93.5 Å². The number of para-hydroxylation sites is 1. The molecule has 64 heavy (non-hydrogen) atoms. The predicted octanol–water partition coefficient (Wildman–Crippen LogP) is 14.9. The number of aliphatic imine (C=N–C) groups is 1. The van der Waals surface area contributed by atoms with Gasteiger partial charge in [0.1, 0.15) is 5.71 Å². The van der Waals surface area contributed by atoms with Crippen molar-refractivity contribution in [3.8, 4) is 22.3 Å². The molecule has 0 atom stereocenters. The van der Waals surface area contributed by atoms with Gasteiger partial charge in [-0.3, -0.25) is 20.8 Å². The van der Waals surface area contributed by atoms with Crippen molar-refractivity contribution in [3.63, 3.8) is 0 Å². The number of fused-ring (bicyclic) bond motifs is 5. The fourth-order valence-corrected chi connectivity index (χ4v) is 9.38. The minimum atomic E-state index is 0.335. The largest absolute Gasteiger partial charge is 0.299 e. The molecule has 5 heteroatoms. The van der Waals surface area contributed by atoms with Crippen LogP contribution in [0.15, 0.2) is 217 Å². The van der Waals surface area contributed by atoms with Crippen LogP contribution >= 0.6 is 0 Å². The lowest BCUT2D eigenvalue weighted by Crippen LogP contribution is -2.14. The number of anilines is 1. The van der Waals surface area contributed by atoms with Gasteiger partial charge in [0.15, 0.2) is 0 Å². The first-order chi connectivity index (χ1) is 31.6.